The summed E-state index contributed by atoms with van der Waals surface area (Å²) in [6.07, 6.45) is 3.46. The second-order valence-corrected chi connectivity index (χ2v) is 10.4. The molecule has 1 atom stereocenters. The molecule has 2 heterocycles. The predicted octanol–water partition coefficient (Wildman–Crippen LogP) is 3.24. The van der Waals surface area contributed by atoms with E-state index in [2.05, 4.69) is 26.5 Å². The van der Waals surface area contributed by atoms with Crippen LogP contribution in [0.4, 0.5) is 5.13 Å². The van der Waals surface area contributed by atoms with Gasteiger partial charge in [0.05, 0.1) is 0 Å². The van der Waals surface area contributed by atoms with Crippen molar-refractivity contribution in [1.82, 2.24) is 10.1 Å². The van der Waals surface area contributed by atoms with Gasteiger partial charge in [-0.3, -0.25) is 14.3 Å². The van der Waals surface area contributed by atoms with Gasteiger partial charge in [-0.05, 0) is 47.3 Å². The van der Waals surface area contributed by atoms with Crippen LogP contribution in [-0.4, -0.2) is 37.1 Å². The van der Waals surface area contributed by atoms with Gasteiger partial charge in [0, 0.05) is 33.4 Å². The van der Waals surface area contributed by atoms with Crippen molar-refractivity contribution in [2.24, 2.45) is 5.16 Å². The zero-order valence-corrected chi connectivity index (χ0v) is 17.9. The predicted molar refractivity (Wildman–Crippen MR) is 116 cm³/mol. The van der Waals surface area contributed by atoms with Crippen molar-refractivity contribution in [3.05, 3.63) is 58.9 Å². The Hall–Kier alpha value is -2.98. The van der Waals surface area contributed by atoms with Crippen LogP contribution >= 0.6 is 11.3 Å². The minimum atomic E-state index is -2.32. The van der Waals surface area contributed by atoms with Crippen molar-refractivity contribution in [1.29, 1.82) is 0 Å². The average molecular weight is 445 g/mol. The number of hydrogen-bond donors (Lipinski definition) is 1. The number of amides is 1. The molecule has 2 aromatic heterocycles. The molecular formula is C20H20N4O4S2. The Balaban J connectivity index is 1.56. The summed E-state index contributed by atoms with van der Waals surface area (Å²) in [4.78, 5) is 22.9. The van der Waals surface area contributed by atoms with Crippen molar-refractivity contribution in [3.63, 3.8) is 0 Å². The molecule has 0 aliphatic heterocycles. The maximum atomic E-state index is 12.8. The molecule has 0 saturated heterocycles. The fourth-order valence-corrected chi connectivity index (χ4v) is 5.20. The van der Waals surface area contributed by atoms with E-state index in [1.165, 1.54) is 11.3 Å². The van der Waals surface area contributed by atoms with E-state index in [-0.39, 0.29) is 17.6 Å². The highest BCUT2D eigenvalue weighted by molar-refractivity contribution is 8.01. The van der Waals surface area contributed by atoms with Crippen molar-refractivity contribution >= 4 is 43.5 Å². The van der Waals surface area contributed by atoms with Crippen molar-refractivity contribution in [2.45, 2.75) is 36.5 Å². The molecule has 8 nitrogen and oxygen atoms in total. The van der Waals surface area contributed by atoms with E-state index < -0.39 is 15.4 Å². The van der Waals surface area contributed by atoms with Crippen molar-refractivity contribution in [2.75, 3.05) is 5.32 Å². The number of anilines is 1. The van der Waals surface area contributed by atoms with Crippen LogP contribution in [0.2, 0.25) is 0 Å². The van der Waals surface area contributed by atoms with E-state index in [4.69, 9.17) is 9.36 Å². The number of hydrogen-bond acceptors (Lipinski definition) is 8. The number of thiazole rings is 1. The number of nitrogens with zero attached hydrogens (tertiary/aromatic N) is 3. The molecular weight excluding hydrogens is 424 g/mol. The van der Waals surface area contributed by atoms with E-state index >= 15 is 0 Å². The van der Waals surface area contributed by atoms with Gasteiger partial charge in [0.25, 0.3) is 5.91 Å². The lowest BCUT2D eigenvalue weighted by atomic mass is 10.1. The molecule has 1 N–H and O–H groups in total. The molecule has 1 unspecified atom stereocenters. The maximum absolute atomic E-state index is 12.8. The lowest BCUT2D eigenvalue weighted by Crippen LogP contribution is -2.24. The summed E-state index contributed by atoms with van der Waals surface area (Å²) in [6.45, 7) is 1.83. The van der Waals surface area contributed by atoms with Gasteiger partial charge < -0.3 is 9.36 Å². The first-order chi connectivity index (χ1) is 14.4. The van der Waals surface area contributed by atoms with Gasteiger partial charge in [-0.15, -0.1) is 11.3 Å². The molecule has 10 heteroatoms. The highest BCUT2D eigenvalue weighted by Gasteiger charge is 2.32. The Morgan fingerprint density at radius 2 is 2.17 bits per heavy atom. The van der Waals surface area contributed by atoms with Crippen LogP contribution in [0.5, 0.6) is 0 Å². The number of rotatable bonds is 8. The highest BCUT2D eigenvalue weighted by Crippen LogP contribution is 2.33. The largest absolute Gasteiger partial charge is 0.388 e. The molecule has 0 bridgehead atoms. The molecule has 156 valence electrons. The minimum absolute atomic E-state index is 0.0534. The van der Waals surface area contributed by atoms with Crippen LogP contribution < -0.4 is 5.32 Å². The molecule has 0 spiro atoms. The van der Waals surface area contributed by atoms with Gasteiger partial charge in [-0.2, -0.15) is 0 Å². The molecule has 4 rings (SSSR count). The first kappa shape index (κ1) is 20.3. The van der Waals surface area contributed by atoms with Gasteiger partial charge in [-0.1, -0.05) is 22.4 Å². The SMILES string of the molecule is C=S(=O)(c1ccc(/C(=N\OCc2cc(C)on2)C(=O)Nc2nccs2)cc1)C1CC1. The number of aromatic nitrogens is 2. The number of oxime groups is 1. The third-order valence-electron chi connectivity index (χ3n) is 4.50. The van der Waals surface area contributed by atoms with Gasteiger partial charge >= 0.3 is 0 Å². The summed E-state index contributed by atoms with van der Waals surface area (Å²) in [7, 11) is -2.32. The number of benzene rings is 1. The fraction of sp³-hybridized carbons (Fsp3) is 0.250. The van der Waals surface area contributed by atoms with Crippen LogP contribution in [0.15, 0.2) is 56.5 Å². The quantitative estimate of drug-likeness (QED) is 0.325. The third-order valence-corrected chi connectivity index (χ3v) is 7.81. The molecule has 0 radical (unpaired) electrons. The lowest BCUT2D eigenvalue weighted by Gasteiger charge is -2.10. The zero-order valence-electron chi connectivity index (χ0n) is 16.2. The monoisotopic (exact) mass is 444 g/mol. The number of aryl methyl sites for hydroxylation is 1. The molecule has 1 saturated carbocycles. The van der Waals surface area contributed by atoms with Crippen LogP contribution in [-0.2, 0) is 25.8 Å². The highest BCUT2D eigenvalue weighted by atomic mass is 32.2. The smallest absolute Gasteiger partial charge is 0.280 e. The van der Waals surface area contributed by atoms with Crippen LogP contribution in [0.3, 0.4) is 0 Å². The first-order valence-corrected chi connectivity index (χ1v) is 11.9. The number of nitrogens with one attached hydrogen (secondary N) is 1. The van der Waals surface area contributed by atoms with Crippen LogP contribution in [0.1, 0.15) is 29.9 Å². The molecule has 3 aromatic rings. The molecule has 1 aliphatic carbocycles. The number of carbonyl (C=O) groups excluding carboxylic acids is 1. The zero-order chi connectivity index (χ0) is 21.1. The van der Waals surface area contributed by atoms with Gasteiger partial charge in [0.2, 0.25) is 0 Å². The van der Waals surface area contributed by atoms with Gasteiger partial charge in [-0.25, -0.2) is 4.98 Å². The van der Waals surface area contributed by atoms with Crippen molar-refractivity contribution in [3.8, 4) is 0 Å². The molecule has 30 heavy (non-hydrogen) atoms. The van der Waals surface area contributed by atoms with E-state index in [0.29, 0.717) is 27.0 Å². The Kier molecular flexibility index (Phi) is 5.69. The molecule has 1 aliphatic rings. The van der Waals surface area contributed by atoms with Crippen LogP contribution in [0.25, 0.3) is 0 Å². The van der Waals surface area contributed by atoms with Crippen LogP contribution in [0, 0.1) is 6.92 Å². The second kappa shape index (κ2) is 8.41. The Labute approximate surface area is 178 Å². The topological polar surface area (TPSA) is 107 Å². The number of carbonyl (C=O) groups is 1. The second-order valence-electron chi connectivity index (χ2n) is 6.88. The summed E-state index contributed by atoms with van der Waals surface area (Å²) >= 11 is 1.30. The fourth-order valence-electron chi connectivity index (χ4n) is 2.80. The van der Waals surface area contributed by atoms with E-state index in [9.17, 15) is 9.00 Å². The molecule has 1 fully saturated rings. The lowest BCUT2D eigenvalue weighted by molar-refractivity contribution is -0.110. The molecule has 1 aromatic carbocycles. The Bertz CT molecular complexity index is 1160. The summed E-state index contributed by atoms with van der Waals surface area (Å²) < 4.78 is 17.8. The van der Waals surface area contributed by atoms with E-state index in [0.717, 1.165) is 12.8 Å². The van der Waals surface area contributed by atoms with Crippen molar-refractivity contribution < 1.29 is 18.4 Å². The van der Waals surface area contributed by atoms with E-state index in [1.54, 1.807) is 48.8 Å². The average Bonchev–Trinajstić information content (AvgIpc) is 3.34. The van der Waals surface area contributed by atoms with E-state index in [1.807, 2.05) is 0 Å². The third kappa shape index (κ3) is 4.60. The summed E-state index contributed by atoms with van der Waals surface area (Å²) in [5.41, 5.74) is 1.15. The standard InChI is InChI=1S/C20H20N4O4S2/c1-13-11-15(23-28-13)12-27-24-18(19(25)22-20-21-9-10-29-20)14-3-5-16(6-4-14)30(2,26)17-7-8-17/h3-6,9-11,17H,2,7-8,12H2,1H3,(H,21,22,25)/b24-18+. The summed E-state index contributed by atoms with van der Waals surface area (Å²) in [5, 5.41) is 12.9. The normalized spacial score (nSPS) is 16.1. The minimum Gasteiger partial charge on any atom is -0.388 e. The Morgan fingerprint density at radius 3 is 2.77 bits per heavy atom. The first-order valence-electron chi connectivity index (χ1n) is 9.23. The van der Waals surface area contributed by atoms with Gasteiger partial charge in [0.1, 0.15) is 11.5 Å². The van der Waals surface area contributed by atoms with Gasteiger partial charge in [0.15, 0.2) is 17.5 Å². The Morgan fingerprint density at radius 1 is 1.40 bits per heavy atom. The molecule has 1 amide bonds. The maximum Gasteiger partial charge on any atom is 0.280 e. The summed E-state index contributed by atoms with van der Waals surface area (Å²) in [5.74, 6) is 4.11. The summed E-state index contributed by atoms with van der Waals surface area (Å²) in [6, 6.07) is 8.59.